The van der Waals surface area contributed by atoms with Gasteiger partial charge in [0.2, 0.25) is 23.4 Å². The number of hydrogen-bond acceptors (Lipinski definition) is 4. The maximum atomic E-state index is 14.1. The maximum Gasteiger partial charge on any atom is 0.573 e. The Morgan fingerprint density at radius 1 is 1.26 bits per heavy atom. The van der Waals surface area contributed by atoms with Crippen molar-refractivity contribution in [2.75, 3.05) is 7.11 Å². The fourth-order valence-electron chi connectivity index (χ4n) is 2.01. The number of carbonyl (C=O) groups is 2. The van der Waals surface area contributed by atoms with Crippen LogP contribution in [-0.4, -0.2) is 35.3 Å². The first-order valence-electron chi connectivity index (χ1n) is 6.17. The molecule has 2 rings (SSSR count). The molecule has 5 nitrogen and oxygen atoms in total. The molecular formula is C14H10F4NO4+. The molecule has 0 spiro atoms. The minimum absolute atomic E-state index is 0.190. The molecule has 0 unspecified atom stereocenters. The normalized spacial score (nSPS) is 14.9. The second kappa shape index (κ2) is 5.82. The van der Waals surface area contributed by atoms with Gasteiger partial charge in [-0.3, -0.25) is 9.59 Å². The highest BCUT2D eigenvalue weighted by Crippen LogP contribution is 2.29. The van der Waals surface area contributed by atoms with Gasteiger partial charge in [0.15, 0.2) is 5.82 Å². The van der Waals surface area contributed by atoms with Crippen LogP contribution >= 0.6 is 0 Å². The lowest BCUT2D eigenvalue weighted by Crippen LogP contribution is -2.26. The first-order chi connectivity index (χ1) is 10.6. The van der Waals surface area contributed by atoms with Crippen molar-refractivity contribution >= 4 is 23.0 Å². The van der Waals surface area contributed by atoms with Gasteiger partial charge in [0.1, 0.15) is 5.75 Å². The molecular weight excluding hydrogens is 322 g/mol. The number of methoxy groups -OCH3 is 1. The van der Waals surface area contributed by atoms with E-state index >= 15 is 0 Å². The molecule has 0 saturated carbocycles. The van der Waals surface area contributed by atoms with Crippen LogP contribution in [-0.2, 0) is 14.3 Å². The quantitative estimate of drug-likeness (QED) is 0.628. The van der Waals surface area contributed by atoms with Crippen LogP contribution in [0, 0.1) is 5.82 Å². The number of allylic oxidation sites excluding steroid dienone is 1. The van der Waals surface area contributed by atoms with Crippen LogP contribution in [0.1, 0.15) is 6.92 Å². The second-order valence-electron chi connectivity index (χ2n) is 4.46. The zero-order valence-corrected chi connectivity index (χ0v) is 11.9. The summed E-state index contributed by atoms with van der Waals surface area (Å²) in [5, 5.41) is 0. The summed E-state index contributed by atoms with van der Waals surface area (Å²) in [6.07, 6.45) is -3.88. The molecule has 0 saturated heterocycles. The number of nitrogens with zero attached hydrogens (tertiary/aromatic N) is 1. The number of carbonyl (C=O) groups excluding carboxylic acids is 2. The summed E-state index contributed by atoms with van der Waals surface area (Å²) in [6, 6.07) is 2.33. The Kier molecular flexibility index (Phi) is 4.22. The van der Waals surface area contributed by atoms with E-state index in [0.29, 0.717) is 6.07 Å². The van der Waals surface area contributed by atoms with Crippen molar-refractivity contribution in [2.24, 2.45) is 0 Å². The van der Waals surface area contributed by atoms with Crippen LogP contribution in [0.15, 0.2) is 30.2 Å². The van der Waals surface area contributed by atoms with Crippen molar-refractivity contribution in [2.45, 2.75) is 13.3 Å². The lowest BCUT2D eigenvalue weighted by molar-refractivity contribution is -0.360. The number of Topliss-reactive ketones (excluding diaryl/α,β-unsaturated/α-hetero) is 2. The van der Waals surface area contributed by atoms with Gasteiger partial charge in [-0.1, -0.05) is 0 Å². The third-order valence-corrected chi connectivity index (χ3v) is 2.89. The number of ether oxygens (including phenoxy) is 2. The van der Waals surface area contributed by atoms with Gasteiger partial charge in [-0.05, 0) is 6.07 Å². The molecule has 0 amide bonds. The average Bonchev–Trinajstić information content (AvgIpc) is 2.73. The SMILES string of the molecule is COC1=C[N+](c2ccc(OC(F)(F)F)cc2F)=C(C(C)=O)C1=O. The van der Waals surface area contributed by atoms with E-state index in [0.717, 1.165) is 29.8 Å². The van der Waals surface area contributed by atoms with E-state index in [1.54, 1.807) is 0 Å². The van der Waals surface area contributed by atoms with Gasteiger partial charge in [0.05, 0.1) is 7.11 Å². The van der Waals surface area contributed by atoms with Crippen LogP contribution in [0.25, 0.3) is 0 Å². The molecule has 0 aromatic heterocycles. The third kappa shape index (κ3) is 3.38. The van der Waals surface area contributed by atoms with Gasteiger partial charge < -0.3 is 9.47 Å². The number of benzene rings is 1. The first-order valence-corrected chi connectivity index (χ1v) is 6.17. The number of rotatable bonds is 4. The highest BCUT2D eigenvalue weighted by atomic mass is 19.4. The Hall–Kier alpha value is -2.71. The average molecular weight is 332 g/mol. The minimum atomic E-state index is -4.96. The van der Waals surface area contributed by atoms with E-state index in [-0.39, 0.29) is 17.2 Å². The van der Waals surface area contributed by atoms with Gasteiger partial charge in [-0.2, -0.15) is 4.39 Å². The molecule has 1 heterocycles. The van der Waals surface area contributed by atoms with E-state index < -0.39 is 29.5 Å². The summed E-state index contributed by atoms with van der Waals surface area (Å²) in [5.41, 5.74) is -0.657. The predicted octanol–water partition coefficient (Wildman–Crippen LogP) is 2.47. The van der Waals surface area contributed by atoms with Gasteiger partial charge in [0.25, 0.3) is 0 Å². The van der Waals surface area contributed by atoms with Crippen LogP contribution in [0.3, 0.4) is 0 Å². The first kappa shape index (κ1) is 16.7. The molecule has 9 heteroatoms. The molecule has 0 radical (unpaired) electrons. The van der Waals surface area contributed by atoms with E-state index in [9.17, 15) is 27.2 Å². The van der Waals surface area contributed by atoms with Gasteiger partial charge in [0, 0.05) is 19.1 Å². The van der Waals surface area contributed by atoms with Crippen molar-refractivity contribution in [3.8, 4) is 5.75 Å². The van der Waals surface area contributed by atoms with Crippen molar-refractivity contribution in [3.63, 3.8) is 0 Å². The summed E-state index contributed by atoms with van der Waals surface area (Å²) in [7, 11) is 1.20. The summed E-state index contributed by atoms with van der Waals surface area (Å²) >= 11 is 0. The van der Waals surface area contributed by atoms with E-state index in [1.165, 1.54) is 7.11 Å². The van der Waals surface area contributed by atoms with Crippen molar-refractivity contribution in [1.82, 2.24) is 0 Å². The summed E-state index contributed by atoms with van der Waals surface area (Å²) in [5.74, 6) is -3.44. The van der Waals surface area contributed by atoms with Crippen LogP contribution < -0.4 is 4.74 Å². The minimum Gasteiger partial charge on any atom is -0.488 e. The zero-order chi connectivity index (χ0) is 17.4. The van der Waals surface area contributed by atoms with Crippen LogP contribution in [0.4, 0.5) is 23.2 Å². The lowest BCUT2D eigenvalue weighted by Gasteiger charge is -2.08. The van der Waals surface area contributed by atoms with E-state index in [2.05, 4.69) is 4.74 Å². The highest BCUT2D eigenvalue weighted by Gasteiger charge is 2.40. The molecule has 0 bridgehead atoms. The van der Waals surface area contributed by atoms with E-state index in [4.69, 9.17) is 4.74 Å². The number of ketones is 2. The fraction of sp³-hybridized carbons (Fsp3) is 0.214. The smallest absolute Gasteiger partial charge is 0.488 e. The van der Waals surface area contributed by atoms with Crippen molar-refractivity contribution in [3.05, 3.63) is 36.0 Å². The van der Waals surface area contributed by atoms with Gasteiger partial charge in [-0.15, -0.1) is 17.7 Å². The van der Waals surface area contributed by atoms with Crippen LogP contribution in [0.2, 0.25) is 0 Å². The molecule has 0 N–H and O–H groups in total. The topological polar surface area (TPSA) is 55.6 Å². The Labute approximate surface area is 127 Å². The largest absolute Gasteiger partial charge is 0.573 e. The number of hydrogen-bond donors (Lipinski definition) is 0. The summed E-state index contributed by atoms with van der Waals surface area (Å²) < 4.78 is 59.7. The van der Waals surface area contributed by atoms with Crippen molar-refractivity contribution in [1.29, 1.82) is 0 Å². The molecule has 0 aliphatic carbocycles. The maximum absolute atomic E-state index is 14.1. The van der Waals surface area contributed by atoms with Crippen LogP contribution in [0.5, 0.6) is 5.75 Å². The highest BCUT2D eigenvalue weighted by molar-refractivity contribution is 6.67. The predicted molar refractivity (Wildman–Crippen MR) is 68.8 cm³/mol. The van der Waals surface area contributed by atoms with E-state index in [1.807, 2.05) is 0 Å². The monoisotopic (exact) mass is 332 g/mol. The molecule has 23 heavy (non-hydrogen) atoms. The molecule has 122 valence electrons. The Bertz CT molecular complexity index is 750. The standard InChI is InChI=1S/C14H10F4NO4/c1-7(20)12-13(21)11(22-2)6-19(12)10-4-3-8(5-9(10)15)23-14(16,17)18/h3-6H,1-2H3/q+1. The molecule has 1 aromatic rings. The Morgan fingerprint density at radius 3 is 2.39 bits per heavy atom. The number of alkyl halides is 3. The van der Waals surface area contributed by atoms with Crippen molar-refractivity contribution < 1.29 is 41.2 Å². The molecule has 0 atom stereocenters. The Balaban J connectivity index is 2.50. The summed E-state index contributed by atoms with van der Waals surface area (Å²) in [6.45, 7) is 1.10. The fourth-order valence-corrected chi connectivity index (χ4v) is 2.01. The lowest BCUT2D eigenvalue weighted by atomic mass is 10.2. The van der Waals surface area contributed by atoms with Gasteiger partial charge >= 0.3 is 17.9 Å². The molecule has 1 aliphatic rings. The molecule has 1 aliphatic heterocycles. The molecule has 0 fully saturated rings. The molecule has 1 aromatic carbocycles. The zero-order valence-electron chi connectivity index (χ0n) is 11.9. The number of halogens is 4. The second-order valence-corrected chi connectivity index (χ2v) is 4.46. The third-order valence-electron chi connectivity index (χ3n) is 2.89. The summed E-state index contributed by atoms with van der Waals surface area (Å²) in [4.78, 5) is 23.5. The Morgan fingerprint density at radius 2 is 1.91 bits per heavy atom. The van der Waals surface area contributed by atoms with Gasteiger partial charge in [-0.25, -0.2) is 0 Å².